The second-order valence-corrected chi connectivity index (χ2v) is 3.19. The summed E-state index contributed by atoms with van der Waals surface area (Å²) in [6, 6.07) is 9.53. The van der Waals surface area contributed by atoms with Crippen LogP contribution < -0.4 is 0 Å². The molecule has 0 N–H and O–H groups in total. The first kappa shape index (κ1) is 10.1. The molecule has 16 heavy (non-hydrogen) atoms. The van der Waals surface area contributed by atoms with Crippen molar-refractivity contribution in [2.45, 2.75) is 0 Å². The van der Waals surface area contributed by atoms with Gasteiger partial charge >= 0.3 is 0 Å². The van der Waals surface area contributed by atoms with E-state index in [1.54, 1.807) is 24.8 Å². The van der Waals surface area contributed by atoms with Crippen LogP contribution in [0.15, 0.2) is 49.1 Å². The highest BCUT2D eigenvalue weighted by Crippen LogP contribution is 2.15. The van der Waals surface area contributed by atoms with E-state index in [2.05, 4.69) is 16.0 Å². The average molecular weight is 207 g/mol. The Bertz CT molecular complexity index is 524. The quantitative estimate of drug-likeness (QED) is 0.711. The maximum atomic E-state index is 9.09. The number of pyridine rings is 2. The van der Waals surface area contributed by atoms with Gasteiger partial charge in [0.05, 0.1) is 11.6 Å². The van der Waals surface area contributed by atoms with Gasteiger partial charge in [-0.15, -0.1) is 0 Å². The van der Waals surface area contributed by atoms with Gasteiger partial charge in [-0.3, -0.25) is 9.97 Å². The summed E-state index contributed by atoms with van der Waals surface area (Å²) in [5.41, 5.74) is 2.45. The van der Waals surface area contributed by atoms with Crippen LogP contribution in [0, 0.1) is 11.3 Å². The fourth-order valence-electron chi connectivity index (χ4n) is 1.34. The summed E-state index contributed by atoms with van der Waals surface area (Å²) in [5, 5.41) is 9.09. The van der Waals surface area contributed by atoms with Gasteiger partial charge in [-0.05, 0) is 41.5 Å². The molecule has 0 saturated heterocycles. The molecule has 0 spiro atoms. The van der Waals surface area contributed by atoms with E-state index in [0.29, 0.717) is 5.57 Å². The first-order valence-corrected chi connectivity index (χ1v) is 4.82. The lowest BCUT2D eigenvalue weighted by Gasteiger charge is -1.98. The Morgan fingerprint density at radius 2 is 1.56 bits per heavy atom. The Balaban J connectivity index is 2.39. The molecule has 0 aromatic carbocycles. The molecule has 0 fully saturated rings. The van der Waals surface area contributed by atoms with Gasteiger partial charge in [0.15, 0.2) is 0 Å². The Labute approximate surface area is 93.7 Å². The first-order valence-electron chi connectivity index (χ1n) is 4.82. The fourth-order valence-corrected chi connectivity index (χ4v) is 1.34. The molecule has 76 valence electrons. The van der Waals surface area contributed by atoms with Gasteiger partial charge in [0.25, 0.3) is 0 Å². The molecule has 0 amide bonds. The normalized spacial score (nSPS) is 10.8. The molecule has 2 aromatic heterocycles. The van der Waals surface area contributed by atoms with Gasteiger partial charge in [-0.25, -0.2) is 0 Å². The van der Waals surface area contributed by atoms with Crippen molar-refractivity contribution in [2.75, 3.05) is 0 Å². The lowest BCUT2D eigenvalue weighted by atomic mass is 10.1. The molecule has 2 aromatic rings. The standard InChI is InChI=1S/C13H9N3/c14-10-13(12-3-7-16-8-4-12)9-11-1-5-15-6-2-11/h1-9H/b13-9+. The predicted molar refractivity (Wildman–Crippen MR) is 62.0 cm³/mol. The van der Waals surface area contributed by atoms with E-state index in [4.69, 9.17) is 5.26 Å². The van der Waals surface area contributed by atoms with Gasteiger partial charge in [-0.1, -0.05) is 0 Å². The largest absolute Gasteiger partial charge is 0.265 e. The number of nitriles is 1. The molecule has 0 aliphatic carbocycles. The smallest absolute Gasteiger partial charge is 0.0998 e. The van der Waals surface area contributed by atoms with E-state index < -0.39 is 0 Å². The van der Waals surface area contributed by atoms with E-state index in [0.717, 1.165) is 11.1 Å². The molecule has 2 rings (SSSR count). The zero-order chi connectivity index (χ0) is 11.2. The van der Waals surface area contributed by atoms with Gasteiger partial charge in [0, 0.05) is 24.8 Å². The third-order valence-corrected chi connectivity index (χ3v) is 2.13. The molecule has 2 heterocycles. The first-order chi connectivity index (χ1) is 7.90. The zero-order valence-corrected chi connectivity index (χ0v) is 8.54. The van der Waals surface area contributed by atoms with Crippen LogP contribution in [0.25, 0.3) is 11.6 Å². The molecule has 0 atom stereocenters. The van der Waals surface area contributed by atoms with Crippen LogP contribution in [-0.4, -0.2) is 9.97 Å². The summed E-state index contributed by atoms with van der Waals surface area (Å²) in [6.45, 7) is 0. The van der Waals surface area contributed by atoms with Crippen LogP contribution in [-0.2, 0) is 0 Å². The third kappa shape index (κ3) is 2.31. The average Bonchev–Trinajstić information content (AvgIpc) is 2.38. The lowest BCUT2D eigenvalue weighted by Crippen LogP contribution is -1.82. The second-order valence-electron chi connectivity index (χ2n) is 3.19. The summed E-state index contributed by atoms with van der Waals surface area (Å²) in [5.74, 6) is 0. The number of hydrogen-bond donors (Lipinski definition) is 0. The van der Waals surface area contributed by atoms with E-state index in [-0.39, 0.29) is 0 Å². The minimum Gasteiger partial charge on any atom is -0.265 e. The molecule has 0 bridgehead atoms. The van der Waals surface area contributed by atoms with Crippen molar-refractivity contribution < 1.29 is 0 Å². The number of nitrogens with zero attached hydrogens (tertiary/aromatic N) is 3. The van der Waals surface area contributed by atoms with E-state index >= 15 is 0 Å². The molecule has 3 nitrogen and oxygen atoms in total. The highest BCUT2D eigenvalue weighted by atomic mass is 14.6. The minimum atomic E-state index is 0.619. The van der Waals surface area contributed by atoms with Gasteiger partial charge in [0.1, 0.15) is 0 Å². The van der Waals surface area contributed by atoms with Crippen molar-refractivity contribution in [2.24, 2.45) is 0 Å². The Morgan fingerprint density at radius 1 is 1.00 bits per heavy atom. The van der Waals surface area contributed by atoms with Crippen LogP contribution in [0.2, 0.25) is 0 Å². The molecule has 0 aliphatic heterocycles. The van der Waals surface area contributed by atoms with Crippen molar-refractivity contribution >= 4 is 11.6 Å². The maximum Gasteiger partial charge on any atom is 0.0998 e. The van der Waals surface area contributed by atoms with E-state index in [1.807, 2.05) is 30.3 Å². The monoisotopic (exact) mass is 207 g/mol. The topological polar surface area (TPSA) is 49.6 Å². The zero-order valence-electron chi connectivity index (χ0n) is 8.54. The van der Waals surface area contributed by atoms with Crippen LogP contribution in [0.4, 0.5) is 0 Å². The number of aromatic nitrogens is 2. The third-order valence-electron chi connectivity index (χ3n) is 2.13. The van der Waals surface area contributed by atoms with Crippen molar-refractivity contribution in [3.63, 3.8) is 0 Å². The highest BCUT2D eigenvalue weighted by molar-refractivity contribution is 5.89. The summed E-state index contributed by atoms with van der Waals surface area (Å²) in [6.07, 6.45) is 8.58. The number of allylic oxidation sites excluding steroid dienone is 1. The summed E-state index contributed by atoms with van der Waals surface area (Å²) < 4.78 is 0. The second kappa shape index (κ2) is 4.85. The molecular formula is C13H9N3. The van der Waals surface area contributed by atoms with Crippen molar-refractivity contribution in [3.05, 3.63) is 60.2 Å². The summed E-state index contributed by atoms with van der Waals surface area (Å²) >= 11 is 0. The molecule has 0 radical (unpaired) electrons. The maximum absolute atomic E-state index is 9.09. The minimum absolute atomic E-state index is 0.619. The molecule has 0 saturated carbocycles. The molecule has 0 aliphatic rings. The fraction of sp³-hybridized carbons (Fsp3) is 0. The van der Waals surface area contributed by atoms with Crippen LogP contribution in [0.3, 0.4) is 0 Å². The summed E-state index contributed by atoms with van der Waals surface area (Å²) in [4.78, 5) is 7.85. The lowest BCUT2D eigenvalue weighted by molar-refractivity contribution is 1.31. The van der Waals surface area contributed by atoms with Gasteiger partial charge in [0.2, 0.25) is 0 Å². The van der Waals surface area contributed by atoms with Crippen LogP contribution >= 0.6 is 0 Å². The van der Waals surface area contributed by atoms with Gasteiger partial charge in [-0.2, -0.15) is 5.26 Å². The Kier molecular flexibility index (Phi) is 3.05. The highest BCUT2D eigenvalue weighted by Gasteiger charge is 1.99. The number of hydrogen-bond acceptors (Lipinski definition) is 3. The Morgan fingerprint density at radius 3 is 2.12 bits per heavy atom. The van der Waals surface area contributed by atoms with Crippen molar-refractivity contribution in [1.29, 1.82) is 5.26 Å². The predicted octanol–water partition coefficient (Wildman–Crippen LogP) is 2.54. The van der Waals surface area contributed by atoms with Crippen LogP contribution in [0.1, 0.15) is 11.1 Å². The van der Waals surface area contributed by atoms with Crippen molar-refractivity contribution in [1.82, 2.24) is 9.97 Å². The van der Waals surface area contributed by atoms with Gasteiger partial charge < -0.3 is 0 Å². The van der Waals surface area contributed by atoms with Crippen molar-refractivity contribution in [3.8, 4) is 6.07 Å². The SMILES string of the molecule is N#C/C(=C\c1ccncc1)c1ccncc1. The molecular weight excluding hydrogens is 198 g/mol. The number of rotatable bonds is 2. The van der Waals surface area contributed by atoms with Crippen LogP contribution in [0.5, 0.6) is 0 Å². The van der Waals surface area contributed by atoms with E-state index in [1.165, 1.54) is 0 Å². The summed E-state index contributed by atoms with van der Waals surface area (Å²) in [7, 11) is 0. The molecule has 0 unspecified atom stereocenters. The Hall–Kier alpha value is -2.47. The molecule has 3 heteroatoms. The van der Waals surface area contributed by atoms with E-state index in [9.17, 15) is 0 Å².